The molecule has 1 aliphatic carbocycles. The quantitative estimate of drug-likeness (QED) is 0.644. The van der Waals surface area contributed by atoms with Gasteiger partial charge in [-0.3, -0.25) is 4.79 Å². The van der Waals surface area contributed by atoms with Gasteiger partial charge < -0.3 is 11.1 Å². The maximum absolute atomic E-state index is 12.5. The molecule has 1 saturated carbocycles. The van der Waals surface area contributed by atoms with Crippen molar-refractivity contribution in [1.82, 2.24) is 9.62 Å². The highest BCUT2D eigenvalue weighted by Crippen LogP contribution is 2.24. The average Bonchev–Trinajstić information content (AvgIpc) is 3.08. The zero-order valence-electron chi connectivity index (χ0n) is 16.2. The fourth-order valence-corrected chi connectivity index (χ4v) is 5.04. The molecule has 0 spiro atoms. The first-order chi connectivity index (χ1) is 12.4. The third-order valence-corrected chi connectivity index (χ3v) is 7.28. The van der Waals surface area contributed by atoms with Crippen LogP contribution in [0, 0.1) is 5.92 Å². The number of nitrogens with one attached hydrogen (secondary N) is 1. The van der Waals surface area contributed by atoms with Crippen molar-refractivity contribution in [2.45, 2.75) is 56.9 Å². The lowest BCUT2D eigenvalue weighted by Crippen LogP contribution is -2.39. The number of rotatable bonds is 9. The minimum Gasteiger partial charge on any atom is -0.353 e. The Hall–Kier alpha value is -1.15. The van der Waals surface area contributed by atoms with Gasteiger partial charge in [-0.1, -0.05) is 32.4 Å². The zero-order valence-corrected chi connectivity index (χ0v) is 17.8. The summed E-state index contributed by atoms with van der Waals surface area (Å²) in [5.74, 6) is 0.429. The summed E-state index contributed by atoms with van der Waals surface area (Å²) in [4.78, 5) is 12.5. The highest BCUT2D eigenvalue weighted by Gasteiger charge is 2.27. The van der Waals surface area contributed by atoms with Crippen LogP contribution in [0.5, 0.6) is 0 Å². The van der Waals surface area contributed by atoms with E-state index in [2.05, 4.69) is 5.32 Å². The molecule has 1 aromatic rings. The molecule has 8 heteroatoms. The van der Waals surface area contributed by atoms with E-state index in [4.69, 9.17) is 5.73 Å². The Morgan fingerprint density at radius 3 is 2.37 bits per heavy atom. The van der Waals surface area contributed by atoms with Gasteiger partial charge in [-0.05, 0) is 49.4 Å². The van der Waals surface area contributed by atoms with E-state index in [1.165, 1.54) is 4.31 Å². The topological polar surface area (TPSA) is 92.5 Å². The number of nitrogens with two attached hydrogens (primary N) is 1. The second kappa shape index (κ2) is 11.0. The molecule has 2 unspecified atom stereocenters. The molecule has 2 atom stereocenters. The molecular formula is C19H32ClN3O3S. The lowest BCUT2D eigenvalue weighted by molar-refractivity contribution is -0.122. The van der Waals surface area contributed by atoms with Gasteiger partial charge in [0.05, 0.1) is 4.90 Å². The summed E-state index contributed by atoms with van der Waals surface area (Å²) in [6.45, 7) is 5.17. The number of hydrogen-bond acceptors (Lipinski definition) is 4. The predicted octanol–water partition coefficient (Wildman–Crippen LogP) is 2.32. The largest absolute Gasteiger partial charge is 0.353 e. The molecule has 0 heterocycles. The summed E-state index contributed by atoms with van der Waals surface area (Å²) >= 11 is 0. The molecule has 2 rings (SSSR count). The molecule has 1 aromatic carbocycles. The Labute approximate surface area is 169 Å². The van der Waals surface area contributed by atoms with E-state index in [0.29, 0.717) is 43.3 Å². The van der Waals surface area contributed by atoms with Crippen LogP contribution >= 0.6 is 12.4 Å². The minimum atomic E-state index is -3.43. The van der Waals surface area contributed by atoms with Gasteiger partial charge in [-0.25, -0.2) is 8.42 Å². The number of carbonyl (C=O) groups excluding carboxylic acids is 1. The van der Waals surface area contributed by atoms with Crippen molar-refractivity contribution >= 4 is 28.3 Å². The van der Waals surface area contributed by atoms with Crippen molar-refractivity contribution in [3.05, 3.63) is 29.8 Å². The first kappa shape index (κ1) is 23.9. The van der Waals surface area contributed by atoms with Crippen LogP contribution in [0.1, 0.15) is 45.1 Å². The normalized spacial score (nSPS) is 19.7. The SMILES string of the molecule is CCN(CC)S(=O)(=O)c1ccc(CCC(=O)NC2CCCC2CN)cc1.Cl. The molecule has 0 bridgehead atoms. The Bertz CT molecular complexity index is 691. The molecule has 6 nitrogen and oxygen atoms in total. The van der Waals surface area contributed by atoms with E-state index in [1.807, 2.05) is 13.8 Å². The summed E-state index contributed by atoms with van der Waals surface area (Å²) in [7, 11) is -3.43. The van der Waals surface area contributed by atoms with Crippen molar-refractivity contribution in [3.63, 3.8) is 0 Å². The third-order valence-electron chi connectivity index (χ3n) is 5.22. The highest BCUT2D eigenvalue weighted by molar-refractivity contribution is 7.89. The van der Waals surface area contributed by atoms with Gasteiger partial charge >= 0.3 is 0 Å². The van der Waals surface area contributed by atoms with E-state index >= 15 is 0 Å². The van der Waals surface area contributed by atoms with Crippen molar-refractivity contribution in [2.75, 3.05) is 19.6 Å². The fourth-order valence-electron chi connectivity index (χ4n) is 3.59. The van der Waals surface area contributed by atoms with E-state index in [1.54, 1.807) is 24.3 Å². The Morgan fingerprint density at radius 1 is 1.19 bits per heavy atom. The standard InChI is InChI=1S/C19H31N3O3S.ClH/c1-3-22(4-2)26(24,25)17-11-8-15(9-12-17)10-13-19(23)21-18-7-5-6-16(18)14-20;/h8-9,11-12,16,18H,3-7,10,13-14,20H2,1-2H3,(H,21,23);1H. The lowest BCUT2D eigenvalue weighted by atomic mass is 10.0. The fraction of sp³-hybridized carbons (Fsp3) is 0.632. The predicted molar refractivity (Wildman–Crippen MR) is 110 cm³/mol. The number of halogens is 1. The first-order valence-electron chi connectivity index (χ1n) is 9.50. The molecule has 0 saturated heterocycles. The number of carbonyl (C=O) groups is 1. The van der Waals surface area contributed by atoms with Crippen LogP contribution < -0.4 is 11.1 Å². The van der Waals surface area contributed by atoms with E-state index in [-0.39, 0.29) is 24.4 Å². The zero-order chi connectivity index (χ0) is 19.2. The molecule has 0 aromatic heterocycles. The van der Waals surface area contributed by atoms with Crippen molar-refractivity contribution in [1.29, 1.82) is 0 Å². The maximum Gasteiger partial charge on any atom is 0.243 e. The molecule has 0 radical (unpaired) electrons. The van der Waals surface area contributed by atoms with Crippen LogP contribution in [0.25, 0.3) is 0 Å². The number of nitrogens with zero attached hydrogens (tertiary/aromatic N) is 1. The number of sulfonamides is 1. The summed E-state index contributed by atoms with van der Waals surface area (Å²) in [6.07, 6.45) is 4.21. The van der Waals surface area contributed by atoms with Gasteiger partial charge in [0.1, 0.15) is 0 Å². The van der Waals surface area contributed by atoms with Gasteiger partial charge in [0.25, 0.3) is 0 Å². The van der Waals surface area contributed by atoms with Gasteiger partial charge in [-0.15, -0.1) is 12.4 Å². The monoisotopic (exact) mass is 417 g/mol. The van der Waals surface area contributed by atoms with E-state index in [9.17, 15) is 13.2 Å². The van der Waals surface area contributed by atoms with Crippen LogP contribution in [0.2, 0.25) is 0 Å². The van der Waals surface area contributed by atoms with Gasteiger partial charge in [0, 0.05) is 25.6 Å². The smallest absolute Gasteiger partial charge is 0.243 e. The van der Waals surface area contributed by atoms with Gasteiger partial charge in [0.15, 0.2) is 0 Å². The number of aryl methyl sites for hydroxylation is 1. The lowest BCUT2D eigenvalue weighted by Gasteiger charge is -2.19. The summed E-state index contributed by atoms with van der Waals surface area (Å²) in [5, 5.41) is 3.09. The molecule has 1 fully saturated rings. The molecule has 1 amide bonds. The Balaban J connectivity index is 0.00000364. The second-order valence-electron chi connectivity index (χ2n) is 6.83. The number of hydrogen-bond donors (Lipinski definition) is 2. The average molecular weight is 418 g/mol. The molecular weight excluding hydrogens is 386 g/mol. The van der Waals surface area contributed by atoms with Crippen molar-refractivity contribution in [2.24, 2.45) is 11.7 Å². The van der Waals surface area contributed by atoms with Crippen LogP contribution in [0.4, 0.5) is 0 Å². The van der Waals surface area contributed by atoms with Crippen LogP contribution in [0.3, 0.4) is 0 Å². The van der Waals surface area contributed by atoms with E-state index < -0.39 is 10.0 Å². The Morgan fingerprint density at radius 2 is 1.81 bits per heavy atom. The van der Waals surface area contributed by atoms with Crippen LogP contribution in [-0.2, 0) is 21.2 Å². The van der Waals surface area contributed by atoms with Gasteiger partial charge in [0.2, 0.25) is 15.9 Å². The molecule has 27 heavy (non-hydrogen) atoms. The van der Waals surface area contributed by atoms with Crippen molar-refractivity contribution < 1.29 is 13.2 Å². The molecule has 3 N–H and O–H groups in total. The second-order valence-corrected chi connectivity index (χ2v) is 8.77. The minimum absolute atomic E-state index is 0. The maximum atomic E-state index is 12.5. The highest BCUT2D eigenvalue weighted by atomic mass is 35.5. The van der Waals surface area contributed by atoms with Gasteiger partial charge in [-0.2, -0.15) is 4.31 Å². The summed E-state index contributed by atoms with van der Waals surface area (Å²) in [6, 6.07) is 7.04. The molecule has 1 aliphatic rings. The summed E-state index contributed by atoms with van der Waals surface area (Å²) in [5.41, 5.74) is 6.71. The van der Waals surface area contributed by atoms with Crippen LogP contribution in [0.15, 0.2) is 29.2 Å². The van der Waals surface area contributed by atoms with Crippen molar-refractivity contribution in [3.8, 4) is 0 Å². The van der Waals surface area contributed by atoms with Crippen LogP contribution in [-0.4, -0.2) is 44.3 Å². The Kier molecular flexibility index (Phi) is 9.73. The number of benzene rings is 1. The molecule has 154 valence electrons. The third kappa shape index (κ3) is 6.17. The first-order valence-corrected chi connectivity index (χ1v) is 10.9. The number of amides is 1. The summed E-state index contributed by atoms with van der Waals surface area (Å²) < 4.78 is 26.4. The molecule has 0 aliphatic heterocycles. The van der Waals surface area contributed by atoms with E-state index in [0.717, 1.165) is 24.8 Å².